The molecule has 1 radical (unpaired) electrons. The number of carbonyl (C=O) groups is 1. The van der Waals surface area contributed by atoms with Crippen LogP contribution < -0.4 is 5.73 Å². The average molecular weight is 169 g/mol. The SMILES string of the molecule is [NH]CC(=O)c1cccc(Cl)c1. The Labute approximate surface area is 70.0 Å². The molecule has 0 aromatic heterocycles. The van der Waals surface area contributed by atoms with Crippen LogP contribution in [0, 0.1) is 0 Å². The maximum Gasteiger partial charge on any atom is 0.178 e. The van der Waals surface area contributed by atoms with E-state index in [2.05, 4.69) is 0 Å². The molecular formula is C8H7ClNO. The fourth-order valence-electron chi connectivity index (χ4n) is 0.764. The number of ketones is 1. The third kappa shape index (κ3) is 2.03. The van der Waals surface area contributed by atoms with Gasteiger partial charge in [-0.15, -0.1) is 0 Å². The van der Waals surface area contributed by atoms with Gasteiger partial charge in [0.15, 0.2) is 5.78 Å². The van der Waals surface area contributed by atoms with Crippen molar-refractivity contribution in [2.45, 2.75) is 0 Å². The monoisotopic (exact) mass is 168 g/mol. The predicted molar refractivity (Wildman–Crippen MR) is 43.7 cm³/mol. The molecule has 1 N–H and O–H groups in total. The molecule has 1 aromatic rings. The van der Waals surface area contributed by atoms with Gasteiger partial charge in [0.1, 0.15) is 0 Å². The Morgan fingerprint density at radius 2 is 2.27 bits per heavy atom. The van der Waals surface area contributed by atoms with Gasteiger partial charge in [-0.2, -0.15) is 0 Å². The van der Waals surface area contributed by atoms with Gasteiger partial charge in [-0.3, -0.25) is 4.79 Å². The summed E-state index contributed by atoms with van der Waals surface area (Å²) < 4.78 is 0. The lowest BCUT2D eigenvalue weighted by Crippen LogP contribution is -2.05. The van der Waals surface area contributed by atoms with Gasteiger partial charge in [0.2, 0.25) is 0 Å². The Morgan fingerprint density at radius 1 is 1.55 bits per heavy atom. The van der Waals surface area contributed by atoms with E-state index in [-0.39, 0.29) is 12.3 Å². The van der Waals surface area contributed by atoms with Crippen LogP contribution in [0.1, 0.15) is 10.4 Å². The first kappa shape index (κ1) is 8.24. The number of rotatable bonds is 2. The van der Waals surface area contributed by atoms with E-state index in [1.54, 1.807) is 24.3 Å². The number of nitrogens with one attached hydrogen (secondary N) is 1. The number of carbonyl (C=O) groups excluding carboxylic acids is 1. The van der Waals surface area contributed by atoms with E-state index in [1.165, 1.54) is 0 Å². The molecule has 0 aliphatic heterocycles. The highest BCUT2D eigenvalue weighted by Crippen LogP contribution is 2.10. The summed E-state index contributed by atoms with van der Waals surface area (Å²) in [7, 11) is 0. The van der Waals surface area contributed by atoms with E-state index in [4.69, 9.17) is 17.3 Å². The van der Waals surface area contributed by atoms with Gasteiger partial charge >= 0.3 is 0 Å². The molecule has 1 aromatic carbocycles. The molecule has 0 fully saturated rings. The summed E-state index contributed by atoms with van der Waals surface area (Å²) in [5, 5.41) is 0.532. The molecule has 0 aliphatic rings. The summed E-state index contributed by atoms with van der Waals surface area (Å²) >= 11 is 5.63. The van der Waals surface area contributed by atoms with Crippen molar-refractivity contribution in [1.82, 2.24) is 5.73 Å². The Balaban J connectivity index is 2.96. The summed E-state index contributed by atoms with van der Waals surface area (Å²) in [6.45, 7) is -0.222. The van der Waals surface area contributed by atoms with Gasteiger partial charge < -0.3 is 0 Å². The molecule has 0 atom stereocenters. The molecule has 3 heteroatoms. The van der Waals surface area contributed by atoms with Crippen molar-refractivity contribution in [1.29, 1.82) is 0 Å². The van der Waals surface area contributed by atoms with Crippen LogP contribution in [0.25, 0.3) is 0 Å². The quantitative estimate of drug-likeness (QED) is 0.621. The maximum absolute atomic E-state index is 10.9. The summed E-state index contributed by atoms with van der Waals surface area (Å²) in [5.74, 6) is -0.201. The van der Waals surface area contributed by atoms with Gasteiger partial charge in [0.05, 0.1) is 6.54 Å². The van der Waals surface area contributed by atoms with Crippen LogP contribution in [0.15, 0.2) is 24.3 Å². The van der Waals surface area contributed by atoms with Crippen LogP contribution in [0.4, 0.5) is 0 Å². The van der Waals surface area contributed by atoms with Crippen LogP contribution in [-0.2, 0) is 0 Å². The fourth-order valence-corrected chi connectivity index (χ4v) is 0.954. The van der Waals surface area contributed by atoms with Crippen LogP contribution in [0.2, 0.25) is 5.02 Å². The van der Waals surface area contributed by atoms with Crippen molar-refractivity contribution in [3.05, 3.63) is 34.9 Å². The summed E-state index contributed by atoms with van der Waals surface area (Å²) in [6, 6.07) is 6.62. The van der Waals surface area contributed by atoms with Gasteiger partial charge in [-0.1, -0.05) is 23.7 Å². The van der Waals surface area contributed by atoms with Crippen molar-refractivity contribution in [3.8, 4) is 0 Å². The fraction of sp³-hybridized carbons (Fsp3) is 0.125. The zero-order valence-electron chi connectivity index (χ0n) is 5.80. The van der Waals surface area contributed by atoms with E-state index in [0.717, 1.165) is 0 Å². The van der Waals surface area contributed by atoms with Crippen molar-refractivity contribution in [2.75, 3.05) is 6.54 Å². The highest BCUT2D eigenvalue weighted by atomic mass is 35.5. The minimum absolute atomic E-state index is 0.201. The van der Waals surface area contributed by atoms with E-state index < -0.39 is 0 Å². The second kappa shape index (κ2) is 3.51. The highest BCUT2D eigenvalue weighted by Gasteiger charge is 2.02. The van der Waals surface area contributed by atoms with Gasteiger partial charge in [0.25, 0.3) is 0 Å². The minimum atomic E-state index is -0.222. The smallest absolute Gasteiger partial charge is 0.178 e. The maximum atomic E-state index is 10.9. The second-order valence-electron chi connectivity index (χ2n) is 2.11. The molecule has 0 bridgehead atoms. The van der Waals surface area contributed by atoms with Crippen molar-refractivity contribution in [3.63, 3.8) is 0 Å². The predicted octanol–water partition coefficient (Wildman–Crippen LogP) is 1.81. The Bertz CT molecular complexity index is 273. The van der Waals surface area contributed by atoms with Crippen molar-refractivity contribution < 1.29 is 4.79 Å². The van der Waals surface area contributed by atoms with Gasteiger partial charge in [-0.25, -0.2) is 5.73 Å². The zero-order chi connectivity index (χ0) is 8.27. The molecule has 0 amide bonds. The molecule has 1 rings (SSSR count). The standard InChI is InChI=1S/C8H7ClNO/c9-7-3-1-2-6(4-7)8(11)5-10/h1-4,10H,5H2. The summed E-state index contributed by atoms with van der Waals surface area (Å²) in [5.41, 5.74) is 7.33. The number of benzene rings is 1. The average Bonchev–Trinajstić information content (AvgIpc) is 2.03. The molecule has 57 valence electrons. The van der Waals surface area contributed by atoms with Gasteiger partial charge in [0, 0.05) is 10.6 Å². The van der Waals surface area contributed by atoms with Crippen molar-refractivity contribution in [2.24, 2.45) is 0 Å². The normalized spacial score (nSPS) is 9.64. The lowest BCUT2D eigenvalue weighted by Gasteiger charge is -1.96. The third-order valence-electron chi connectivity index (χ3n) is 1.31. The third-order valence-corrected chi connectivity index (χ3v) is 1.54. The largest absolute Gasteiger partial charge is 0.293 e. The summed E-state index contributed by atoms with van der Waals surface area (Å²) in [6.07, 6.45) is 0. The number of hydrogen-bond donors (Lipinski definition) is 0. The van der Waals surface area contributed by atoms with Crippen LogP contribution in [0.3, 0.4) is 0 Å². The lowest BCUT2D eigenvalue weighted by molar-refractivity contribution is 0.0999. The Kier molecular flexibility index (Phi) is 2.63. The molecule has 2 nitrogen and oxygen atoms in total. The number of Topliss-reactive ketones (excluding diaryl/α,β-unsaturated/α-hetero) is 1. The lowest BCUT2D eigenvalue weighted by atomic mass is 10.1. The molecule has 0 spiro atoms. The molecule has 0 saturated heterocycles. The first-order valence-electron chi connectivity index (χ1n) is 3.17. The minimum Gasteiger partial charge on any atom is -0.293 e. The Morgan fingerprint density at radius 3 is 2.82 bits per heavy atom. The number of halogens is 1. The van der Waals surface area contributed by atoms with Crippen molar-refractivity contribution >= 4 is 17.4 Å². The molecule has 0 unspecified atom stereocenters. The van der Waals surface area contributed by atoms with Crippen LogP contribution >= 0.6 is 11.6 Å². The van der Waals surface area contributed by atoms with Crippen LogP contribution in [0.5, 0.6) is 0 Å². The number of hydrogen-bond acceptors (Lipinski definition) is 1. The Hall–Kier alpha value is -0.860. The van der Waals surface area contributed by atoms with E-state index >= 15 is 0 Å². The molecular weight excluding hydrogens is 162 g/mol. The van der Waals surface area contributed by atoms with E-state index in [9.17, 15) is 4.79 Å². The molecule has 11 heavy (non-hydrogen) atoms. The topological polar surface area (TPSA) is 40.9 Å². The zero-order valence-corrected chi connectivity index (χ0v) is 6.56. The van der Waals surface area contributed by atoms with Crippen LogP contribution in [-0.4, -0.2) is 12.3 Å². The summed E-state index contributed by atoms with van der Waals surface area (Å²) in [4.78, 5) is 10.9. The highest BCUT2D eigenvalue weighted by molar-refractivity contribution is 6.31. The van der Waals surface area contributed by atoms with E-state index in [0.29, 0.717) is 10.6 Å². The molecule has 0 saturated carbocycles. The first-order valence-corrected chi connectivity index (χ1v) is 3.55. The van der Waals surface area contributed by atoms with E-state index in [1.807, 2.05) is 0 Å². The second-order valence-corrected chi connectivity index (χ2v) is 2.55. The molecule has 0 heterocycles. The molecule has 0 aliphatic carbocycles. The first-order chi connectivity index (χ1) is 5.24. The van der Waals surface area contributed by atoms with Gasteiger partial charge in [-0.05, 0) is 12.1 Å².